The Hall–Kier alpha value is -6.88. The van der Waals surface area contributed by atoms with Crippen molar-refractivity contribution in [2.45, 2.75) is 105 Å². The lowest BCUT2D eigenvalue weighted by Crippen LogP contribution is -2.11. The van der Waals surface area contributed by atoms with Gasteiger partial charge in [-0.1, -0.05) is 138 Å². The maximum atomic E-state index is 13.2. The molecule has 0 bridgehead atoms. The second-order valence-electron chi connectivity index (χ2n) is 17.5. The van der Waals surface area contributed by atoms with Gasteiger partial charge in [-0.05, 0) is 146 Å². The number of unbranched alkanes of at least 4 members (excludes halogenated alkanes) is 10. The van der Waals surface area contributed by atoms with Crippen molar-refractivity contribution in [2.75, 3.05) is 13.2 Å². The van der Waals surface area contributed by atoms with Gasteiger partial charge in [0.2, 0.25) is 0 Å². The molecule has 0 amide bonds. The number of hydrogen-bond donors (Lipinski definition) is 0. The third-order valence-electron chi connectivity index (χ3n) is 11.6. The predicted octanol–water partition coefficient (Wildman–Crippen LogP) is 16.1. The minimum absolute atomic E-state index is 0.0455. The SMILES string of the molecule is CCCCCCCCOc1ccc(/C=C(\C)C(=O)Oc2ccc(C(=O)Oc3ccc4ccc(OC(=O)c5ccc(OC(=O)/C(C)=C/c6ccc(OCCCCCCCC)cc6)c(Cl)c5)cc4c3)cc2Cl)cc1. The van der Waals surface area contributed by atoms with Crippen molar-refractivity contribution in [1.29, 1.82) is 0 Å². The molecule has 0 aliphatic rings. The van der Waals surface area contributed by atoms with Gasteiger partial charge < -0.3 is 28.4 Å². The molecule has 0 unspecified atom stereocenters. The fourth-order valence-electron chi connectivity index (χ4n) is 7.53. The van der Waals surface area contributed by atoms with E-state index in [4.69, 9.17) is 51.6 Å². The van der Waals surface area contributed by atoms with Crippen LogP contribution in [0.25, 0.3) is 22.9 Å². The summed E-state index contributed by atoms with van der Waals surface area (Å²) in [7, 11) is 0. The van der Waals surface area contributed by atoms with Gasteiger partial charge >= 0.3 is 23.9 Å². The van der Waals surface area contributed by atoms with Crippen molar-refractivity contribution in [3.63, 3.8) is 0 Å². The van der Waals surface area contributed by atoms with Crippen molar-refractivity contribution in [3.8, 4) is 34.5 Å². The molecule has 0 saturated heterocycles. The van der Waals surface area contributed by atoms with E-state index in [1.54, 1.807) is 62.4 Å². The first-order valence-corrected chi connectivity index (χ1v) is 25.5. The Morgan fingerprint density at radius 2 is 0.792 bits per heavy atom. The number of ether oxygens (including phenoxy) is 6. The molecule has 0 radical (unpaired) electrons. The summed E-state index contributed by atoms with van der Waals surface area (Å²) in [4.78, 5) is 52.4. The van der Waals surface area contributed by atoms with E-state index in [9.17, 15) is 19.2 Å². The van der Waals surface area contributed by atoms with Crippen LogP contribution in [0.3, 0.4) is 0 Å². The molecule has 0 fully saturated rings. The van der Waals surface area contributed by atoms with Gasteiger partial charge in [0.25, 0.3) is 0 Å². The van der Waals surface area contributed by atoms with Crippen LogP contribution in [0.1, 0.15) is 137 Å². The topological polar surface area (TPSA) is 124 Å². The Morgan fingerprint density at radius 3 is 1.18 bits per heavy atom. The van der Waals surface area contributed by atoms with Gasteiger partial charge in [-0.25, -0.2) is 19.2 Å². The third-order valence-corrected chi connectivity index (χ3v) is 12.2. The Labute approximate surface area is 432 Å². The minimum atomic E-state index is -0.696. The fraction of sp³-hybridized carbons (Fsp3) is 0.300. The minimum Gasteiger partial charge on any atom is -0.494 e. The highest BCUT2D eigenvalue weighted by atomic mass is 35.5. The van der Waals surface area contributed by atoms with E-state index >= 15 is 0 Å². The molecule has 12 heteroatoms. The monoisotopic (exact) mass is 1010 g/mol. The van der Waals surface area contributed by atoms with E-state index < -0.39 is 23.9 Å². The number of esters is 4. The van der Waals surface area contributed by atoms with Crippen LogP contribution in [-0.2, 0) is 9.59 Å². The number of fused-ring (bicyclic) bond motifs is 1. The molecule has 0 heterocycles. The first kappa shape index (κ1) is 54.5. The summed E-state index contributed by atoms with van der Waals surface area (Å²) in [6.07, 6.45) is 17.7. The lowest BCUT2D eigenvalue weighted by Gasteiger charge is -2.10. The first-order chi connectivity index (χ1) is 34.9. The second-order valence-corrected chi connectivity index (χ2v) is 18.4. The van der Waals surface area contributed by atoms with Crippen molar-refractivity contribution < 1.29 is 47.6 Å². The molecule has 0 spiro atoms. The quantitative estimate of drug-likeness (QED) is 0.0224. The van der Waals surface area contributed by atoms with Gasteiger partial charge in [-0.3, -0.25) is 0 Å². The molecule has 376 valence electrons. The second kappa shape index (κ2) is 28.2. The van der Waals surface area contributed by atoms with Gasteiger partial charge in [0.1, 0.15) is 34.5 Å². The maximum Gasteiger partial charge on any atom is 0.343 e. The van der Waals surface area contributed by atoms with Crippen molar-refractivity contribution >= 4 is 70.0 Å². The van der Waals surface area contributed by atoms with Crippen LogP contribution in [0.2, 0.25) is 10.0 Å². The highest BCUT2D eigenvalue weighted by Crippen LogP contribution is 2.31. The van der Waals surface area contributed by atoms with Gasteiger partial charge in [-0.2, -0.15) is 0 Å². The van der Waals surface area contributed by atoms with E-state index in [0.717, 1.165) is 53.7 Å². The Morgan fingerprint density at radius 1 is 0.417 bits per heavy atom. The van der Waals surface area contributed by atoms with Gasteiger partial charge in [0.05, 0.1) is 34.4 Å². The summed E-state index contributed by atoms with van der Waals surface area (Å²) in [5.74, 6) is -0.421. The molecule has 72 heavy (non-hydrogen) atoms. The zero-order chi connectivity index (χ0) is 51.2. The van der Waals surface area contributed by atoms with Crippen molar-refractivity contribution in [2.24, 2.45) is 0 Å². The standard InChI is InChI=1S/C60H62Cl2O10/c1-5-7-9-11-13-15-33-67-49-25-17-43(18-26-49)35-41(3)57(63)71-55-31-23-46(39-53(55)61)59(65)69-51-29-21-45-22-30-52(38-48(45)37-51)70-60(66)47-24-32-56(54(62)40-47)72-58(64)42(4)36-44-19-27-50(28-20-44)68-34-16-14-12-10-8-6-2/h17-32,35-40H,5-16,33-34H2,1-4H3/b41-35+,42-36+. The predicted molar refractivity (Wildman–Crippen MR) is 286 cm³/mol. The molecule has 0 saturated carbocycles. The van der Waals surface area contributed by atoms with Crippen LogP contribution >= 0.6 is 23.2 Å². The van der Waals surface area contributed by atoms with E-state index in [2.05, 4.69) is 13.8 Å². The van der Waals surface area contributed by atoms with Crippen LogP contribution < -0.4 is 28.4 Å². The molecule has 0 aromatic heterocycles. The summed E-state index contributed by atoms with van der Waals surface area (Å²) >= 11 is 13.0. The zero-order valence-corrected chi connectivity index (χ0v) is 43.0. The fourth-order valence-corrected chi connectivity index (χ4v) is 7.97. The van der Waals surface area contributed by atoms with Crippen LogP contribution in [0.5, 0.6) is 34.5 Å². The van der Waals surface area contributed by atoms with Crippen LogP contribution in [0, 0.1) is 0 Å². The highest BCUT2D eigenvalue weighted by Gasteiger charge is 2.18. The van der Waals surface area contributed by atoms with Crippen LogP contribution in [0.4, 0.5) is 0 Å². The first-order valence-electron chi connectivity index (χ1n) is 24.7. The van der Waals surface area contributed by atoms with E-state index in [-0.39, 0.29) is 44.2 Å². The third kappa shape index (κ3) is 17.2. The van der Waals surface area contributed by atoms with Crippen molar-refractivity contribution in [3.05, 3.63) is 165 Å². The average Bonchev–Trinajstić information content (AvgIpc) is 3.37. The van der Waals surface area contributed by atoms with E-state index in [1.165, 1.54) is 87.8 Å². The molecule has 0 N–H and O–H groups in total. The number of carbonyl (C=O) groups excluding carboxylic acids is 4. The lowest BCUT2D eigenvalue weighted by molar-refractivity contribution is -0.130. The molecule has 0 aliphatic carbocycles. The number of rotatable bonds is 26. The molecule has 6 aromatic carbocycles. The van der Waals surface area contributed by atoms with Crippen LogP contribution in [0.15, 0.2) is 132 Å². The number of carbonyl (C=O) groups is 4. The number of halogens is 2. The summed E-state index contributed by atoms with van der Waals surface area (Å²) in [5, 5.41) is 1.51. The van der Waals surface area contributed by atoms with Crippen molar-refractivity contribution in [1.82, 2.24) is 0 Å². The molecule has 0 atom stereocenters. The summed E-state index contributed by atoms with van der Waals surface area (Å²) < 4.78 is 34.2. The molecule has 6 rings (SSSR count). The van der Waals surface area contributed by atoms with E-state index in [1.807, 2.05) is 48.5 Å². The average molecular weight is 1010 g/mol. The largest absolute Gasteiger partial charge is 0.494 e. The van der Waals surface area contributed by atoms with Gasteiger partial charge in [0.15, 0.2) is 0 Å². The summed E-state index contributed by atoms with van der Waals surface area (Å²) in [6.45, 7) is 9.04. The summed E-state index contributed by atoms with van der Waals surface area (Å²) in [6, 6.07) is 33.5. The molecular formula is C60H62Cl2O10. The number of hydrogen-bond acceptors (Lipinski definition) is 10. The Bertz CT molecular complexity index is 2660. The highest BCUT2D eigenvalue weighted by molar-refractivity contribution is 6.33. The number of benzene rings is 6. The Kier molecular flexibility index (Phi) is 21.4. The molecular weight excluding hydrogens is 952 g/mol. The lowest BCUT2D eigenvalue weighted by atomic mass is 10.1. The summed E-state index contributed by atoms with van der Waals surface area (Å²) in [5.41, 5.74) is 2.58. The Balaban J connectivity index is 0.975. The normalized spacial score (nSPS) is 11.5. The smallest absolute Gasteiger partial charge is 0.343 e. The maximum absolute atomic E-state index is 13.2. The van der Waals surface area contributed by atoms with Gasteiger partial charge in [0, 0.05) is 11.1 Å². The molecule has 6 aromatic rings. The van der Waals surface area contributed by atoms with E-state index in [0.29, 0.717) is 29.7 Å². The zero-order valence-electron chi connectivity index (χ0n) is 41.4. The van der Waals surface area contributed by atoms with Gasteiger partial charge in [-0.15, -0.1) is 0 Å². The molecule has 10 nitrogen and oxygen atoms in total. The molecule has 0 aliphatic heterocycles. The van der Waals surface area contributed by atoms with Crippen LogP contribution in [-0.4, -0.2) is 37.1 Å².